The van der Waals surface area contributed by atoms with Crippen LogP contribution in [0.1, 0.15) is 49.0 Å². The number of nitrogens with zero attached hydrogens (tertiary/aromatic N) is 2. The van der Waals surface area contributed by atoms with Gasteiger partial charge in [0.2, 0.25) is 0 Å². The number of carboxylic acids is 1. The maximum Gasteiger partial charge on any atom is 0.329 e. The van der Waals surface area contributed by atoms with Crippen LogP contribution in [0.2, 0.25) is 0 Å². The van der Waals surface area contributed by atoms with Gasteiger partial charge in [-0.2, -0.15) is 5.10 Å². The summed E-state index contributed by atoms with van der Waals surface area (Å²) in [6.07, 6.45) is 6.27. The first-order valence-corrected chi connectivity index (χ1v) is 8.28. The number of amides is 1. The number of rotatable bonds is 4. The molecule has 1 saturated carbocycles. The minimum absolute atomic E-state index is 0.226. The molecule has 3 rings (SSSR count). The minimum Gasteiger partial charge on any atom is -0.480 e. The molecule has 0 radical (unpaired) electrons. The van der Waals surface area contributed by atoms with E-state index in [0.29, 0.717) is 12.8 Å². The van der Waals surface area contributed by atoms with Crippen molar-refractivity contribution < 1.29 is 14.7 Å². The summed E-state index contributed by atoms with van der Waals surface area (Å²) in [5.41, 5.74) is -0.105. The Hall–Kier alpha value is -2.63. The zero-order chi connectivity index (χ0) is 17.0. The van der Waals surface area contributed by atoms with Crippen molar-refractivity contribution in [1.29, 1.82) is 0 Å². The Bertz CT molecular complexity index is 716. The van der Waals surface area contributed by atoms with Gasteiger partial charge in [-0.25, -0.2) is 9.48 Å². The molecule has 6 nitrogen and oxygen atoms in total. The van der Waals surface area contributed by atoms with Gasteiger partial charge in [-0.15, -0.1) is 0 Å². The van der Waals surface area contributed by atoms with Crippen molar-refractivity contribution in [3.05, 3.63) is 48.3 Å². The van der Waals surface area contributed by atoms with Crippen molar-refractivity contribution >= 4 is 11.9 Å². The van der Waals surface area contributed by atoms with E-state index in [1.54, 1.807) is 16.9 Å². The standard InChI is InChI=1S/C18H21N3O3/c22-16(19-18(17(23)24)11-6-1-2-7-12-18)15-10-13-21(20-15)14-8-4-3-5-9-14/h3-5,8-10,13H,1-2,6-7,11-12H2,(H,19,22)(H,23,24). The molecule has 1 aliphatic rings. The number of carboxylic acid groups (broad SMARTS) is 1. The molecule has 0 unspecified atom stereocenters. The van der Waals surface area contributed by atoms with E-state index in [9.17, 15) is 14.7 Å². The van der Waals surface area contributed by atoms with Gasteiger partial charge in [-0.05, 0) is 31.0 Å². The van der Waals surface area contributed by atoms with E-state index < -0.39 is 17.4 Å². The van der Waals surface area contributed by atoms with E-state index in [-0.39, 0.29) is 5.69 Å². The lowest BCUT2D eigenvalue weighted by Crippen LogP contribution is -2.54. The van der Waals surface area contributed by atoms with E-state index in [0.717, 1.165) is 31.4 Å². The fourth-order valence-corrected chi connectivity index (χ4v) is 3.18. The normalized spacial score (nSPS) is 17.0. The highest BCUT2D eigenvalue weighted by Gasteiger charge is 2.40. The SMILES string of the molecule is O=C(NC1(C(=O)O)CCCCCC1)c1ccn(-c2ccccc2)n1. The number of hydrogen-bond acceptors (Lipinski definition) is 3. The number of carbonyl (C=O) groups is 2. The predicted molar refractivity (Wildman–Crippen MR) is 89.1 cm³/mol. The van der Waals surface area contributed by atoms with Crippen LogP contribution in [-0.2, 0) is 4.79 Å². The Balaban J connectivity index is 1.79. The van der Waals surface area contributed by atoms with Crippen LogP contribution >= 0.6 is 0 Å². The number of aromatic nitrogens is 2. The highest BCUT2D eigenvalue weighted by atomic mass is 16.4. The molecule has 1 aromatic carbocycles. The molecule has 1 amide bonds. The Morgan fingerprint density at radius 3 is 2.33 bits per heavy atom. The summed E-state index contributed by atoms with van der Waals surface area (Å²) in [5.74, 6) is -1.39. The molecule has 1 aliphatic carbocycles. The maximum absolute atomic E-state index is 12.5. The van der Waals surface area contributed by atoms with Crippen LogP contribution < -0.4 is 5.32 Å². The molecule has 2 aromatic rings. The average molecular weight is 327 g/mol. The summed E-state index contributed by atoms with van der Waals surface area (Å²) < 4.78 is 1.61. The van der Waals surface area contributed by atoms with Gasteiger partial charge in [0, 0.05) is 6.20 Å². The van der Waals surface area contributed by atoms with Crippen molar-refractivity contribution in [2.24, 2.45) is 0 Å². The van der Waals surface area contributed by atoms with Gasteiger partial charge in [0.15, 0.2) is 5.69 Å². The molecular formula is C18H21N3O3. The van der Waals surface area contributed by atoms with Gasteiger partial charge in [0.1, 0.15) is 5.54 Å². The van der Waals surface area contributed by atoms with Crippen LogP contribution in [0.3, 0.4) is 0 Å². The third-order valence-electron chi connectivity index (χ3n) is 4.56. The lowest BCUT2D eigenvalue weighted by molar-refractivity contribution is -0.145. The van der Waals surface area contributed by atoms with Crippen molar-refractivity contribution in [3.63, 3.8) is 0 Å². The van der Waals surface area contributed by atoms with Crippen molar-refractivity contribution in [2.45, 2.75) is 44.1 Å². The molecular weight excluding hydrogens is 306 g/mol. The minimum atomic E-state index is -1.18. The topological polar surface area (TPSA) is 84.2 Å². The lowest BCUT2D eigenvalue weighted by Gasteiger charge is -2.28. The van der Waals surface area contributed by atoms with Crippen LogP contribution in [0.5, 0.6) is 0 Å². The van der Waals surface area contributed by atoms with E-state index in [1.807, 2.05) is 30.3 Å². The molecule has 126 valence electrons. The Labute approximate surface area is 140 Å². The fraction of sp³-hybridized carbons (Fsp3) is 0.389. The zero-order valence-corrected chi connectivity index (χ0v) is 13.4. The second-order valence-electron chi connectivity index (χ2n) is 6.24. The highest BCUT2D eigenvalue weighted by molar-refractivity contribution is 5.96. The van der Waals surface area contributed by atoms with Crippen molar-refractivity contribution in [3.8, 4) is 5.69 Å². The molecule has 0 saturated heterocycles. The third-order valence-corrected chi connectivity index (χ3v) is 4.56. The number of para-hydroxylation sites is 1. The summed E-state index contributed by atoms with van der Waals surface area (Å²) in [4.78, 5) is 24.3. The van der Waals surface area contributed by atoms with Gasteiger partial charge in [-0.3, -0.25) is 4.79 Å². The van der Waals surface area contributed by atoms with Crippen LogP contribution in [0, 0.1) is 0 Å². The monoisotopic (exact) mass is 327 g/mol. The Morgan fingerprint density at radius 1 is 1.04 bits per heavy atom. The van der Waals surface area contributed by atoms with E-state index >= 15 is 0 Å². The molecule has 6 heteroatoms. The highest BCUT2D eigenvalue weighted by Crippen LogP contribution is 2.27. The number of benzene rings is 1. The average Bonchev–Trinajstić information content (AvgIpc) is 2.97. The van der Waals surface area contributed by atoms with Gasteiger partial charge in [0.05, 0.1) is 5.69 Å². The summed E-state index contributed by atoms with van der Waals surface area (Å²) in [6.45, 7) is 0. The van der Waals surface area contributed by atoms with Crippen molar-refractivity contribution in [1.82, 2.24) is 15.1 Å². The maximum atomic E-state index is 12.5. The lowest BCUT2D eigenvalue weighted by atomic mass is 9.90. The van der Waals surface area contributed by atoms with E-state index in [1.165, 1.54) is 0 Å². The smallest absolute Gasteiger partial charge is 0.329 e. The summed E-state index contributed by atoms with van der Waals surface area (Å²) >= 11 is 0. The number of aliphatic carboxylic acids is 1. The molecule has 0 bridgehead atoms. The molecule has 24 heavy (non-hydrogen) atoms. The summed E-state index contributed by atoms with van der Waals surface area (Å²) in [7, 11) is 0. The zero-order valence-electron chi connectivity index (χ0n) is 13.4. The first kappa shape index (κ1) is 16.2. The van der Waals surface area contributed by atoms with Crippen molar-refractivity contribution in [2.75, 3.05) is 0 Å². The van der Waals surface area contributed by atoms with Crippen LogP contribution in [0.15, 0.2) is 42.6 Å². The second-order valence-corrected chi connectivity index (χ2v) is 6.24. The second kappa shape index (κ2) is 6.86. The molecule has 1 aromatic heterocycles. The molecule has 1 fully saturated rings. The predicted octanol–water partition coefficient (Wildman–Crippen LogP) is 2.78. The fourth-order valence-electron chi connectivity index (χ4n) is 3.18. The number of hydrogen-bond donors (Lipinski definition) is 2. The first-order chi connectivity index (χ1) is 11.6. The Morgan fingerprint density at radius 2 is 1.71 bits per heavy atom. The van der Waals surface area contributed by atoms with Gasteiger partial charge < -0.3 is 10.4 Å². The van der Waals surface area contributed by atoms with Gasteiger partial charge in [0.25, 0.3) is 5.91 Å². The summed E-state index contributed by atoms with van der Waals surface area (Å²) in [5, 5.41) is 16.7. The van der Waals surface area contributed by atoms with Gasteiger partial charge in [-0.1, -0.05) is 43.9 Å². The van der Waals surface area contributed by atoms with Crippen LogP contribution in [-0.4, -0.2) is 32.3 Å². The third kappa shape index (κ3) is 3.32. The van der Waals surface area contributed by atoms with Gasteiger partial charge >= 0.3 is 5.97 Å². The molecule has 0 spiro atoms. The molecule has 1 heterocycles. The van der Waals surface area contributed by atoms with Crippen LogP contribution in [0.25, 0.3) is 5.69 Å². The van der Waals surface area contributed by atoms with E-state index in [4.69, 9.17) is 0 Å². The largest absolute Gasteiger partial charge is 0.480 e. The molecule has 0 aliphatic heterocycles. The quantitative estimate of drug-likeness (QED) is 0.846. The first-order valence-electron chi connectivity index (χ1n) is 8.28. The molecule has 2 N–H and O–H groups in total. The number of nitrogens with one attached hydrogen (secondary N) is 1. The van der Waals surface area contributed by atoms with E-state index in [2.05, 4.69) is 10.4 Å². The van der Waals surface area contributed by atoms with Crippen LogP contribution in [0.4, 0.5) is 0 Å². The molecule has 0 atom stereocenters. The number of carbonyl (C=O) groups excluding carboxylic acids is 1. The Kier molecular flexibility index (Phi) is 4.64. The summed E-state index contributed by atoms with van der Waals surface area (Å²) in [6, 6.07) is 11.1.